The van der Waals surface area contributed by atoms with Gasteiger partial charge in [0.25, 0.3) is 5.56 Å². The van der Waals surface area contributed by atoms with Gasteiger partial charge >= 0.3 is 0 Å². The summed E-state index contributed by atoms with van der Waals surface area (Å²) < 4.78 is 3.57. The van der Waals surface area contributed by atoms with E-state index in [0.717, 1.165) is 29.2 Å². The van der Waals surface area contributed by atoms with Crippen molar-refractivity contribution in [1.29, 1.82) is 0 Å². The summed E-state index contributed by atoms with van der Waals surface area (Å²) >= 11 is 0. The number of anilines is 1. The monoisotopic (exact) mass is 376 g/mol. The fourth-order valence-corrected chi connectivity index (χ4v) is 3.77. The van der Waals surface area contributed by atoms with Crippen LogP contribution in [0.2, 0.25) is 0 Å². The van der Waals surface area contributed by atoms with Crippen molar-refractivity contribution in [2.24, 2.45) is 7.05 Å². The molecular formula is C22H24N4O2. The summed E-state index contributed by atoms with van der Waals surface area (Å²) in [4.78, 5) is 29.6. The predicted octanol–water partition coefficient (Wildman–Crippen LogP) is 2.33. The lowest BCUT2D eigenvalue weighted by Gasteiger charge is -2.34. The molecule has 3 aromatic rings. The largest absolute Gasteiger partial charge is 0.310 e. The van der Waals surface area contributed by atoms with Gasteiger partial charge in [0.2, 0.25) is 5.91 Å². The number of aromatic nitrogens is 2. The highest BCUT2D eigenvalue weighted by Gasteiger charge is 2.27. The zero-order valence-electron chi connectivity index (χ0n) is 16.2. The van der Waals surface area contributed by atoms with E-state index in [2.05, 4.69) is 4.90 Å². The van der Waals surface area contributed by atoms with Crippen LogP contribution in [-0.4, -0.2) is 39.8 Å². The van der Waals surface area contributed by atoms with Crippen LogP contribution in [0.5, 0.6) is 0 Å². The first-order valence-corrected chi connectivity index (χ1v) is 9.47. The molecule has 1 amide bonds. The zero-order valence-corrected chi connectivity index (χ0v) is 16.2. The first kappa shape index (κ1) is 18.3. The van der Waals surface area contributed by atoms with Crippen molar-refractivity contribution in [2.75, 3.05) is 24.5 Å². The molecule has 2 aromatic carbocycles. The number of benzene rings is 2. The third-order valence-corrected chi connectivity index (χ3v) is 5.42. The van der Waals surface area contributed by atoms with E-state index < -0.39 is 0 Å². The van der Waals surface area contributed by atoms with Crippen LogP contribution in [0.3, 0.4) is 0 Å². The molecule has 0 spiro atoms. The quantitative estimate of drug-likeness (QED) is 0.702. The molecule has 28 heavy (non-hydrogen) atoms. The molecule has 0 saturated carbocycles. The highest BCUT2D eigenvalue weighted by molar-refractivity contribution is 5.95. The van der Waals surface area contributed by atoms with E-state index in [1.165, 1.54) is 0 Å². The number of carbonyl (C=O) groups excluding carboxylic acids is 1. The normalized spacial score (nSPS) is 15.2. The topological polar surface area (TPSA) is 50.5 Å². The van der Waals surface area contributed by atoms with Gasteiger partial charge in [-0.05, 0) is 31.2 Å². The van der Waals surface area contributed by atoms with Crippen molar-refractivity contribution in [3.8, 4) is 5.69 Å². The molecule has 1 saturated heterocycles. The van der Waals surface area contributed by atoms with E-state index in [4.69, 9.17) is 0 Å². The van der Waals surface area contributed by atoms with E-state index in [1.807, 2.05) is 84.2 Å². The fourth-order valence-electron chi connectivity index (χ4n) is 3.77. The van der Waals surface area contributed by atoms with E-state index in [9.17, 15) is 9.59 Å². The summed E-state index contributed by atoms with van der Waals surface area (Å²) in [6, 6.07) is 19.4. The number of hydrogen-bond donors (Lipinski definition) is 0. The Labute approximate surface area is 164 Å². The Morgan fingerprint density at radius 1 is 0.857 bits per heavy atom. The number of piperazine rings is 1. The maximum atomic E-state index is 13.1. The van der Waals surface area contributed by atoms with Gasteiger partial charge in [-0.25, -0.2) is 4.68 Å². The van der Waals surface area contributed by atoms with Crippen LogP contribution in [-0.2, 0) is 18.4 Å². The van der Waals surface area contributed by atoms with Crippen molar-refractivity contribution in [3.05, 3.63) is 82.3 Å². The molecule has 4 rings (SSSR count). The molecule has 0 aliphatic carbocycles. The SMILES string of the molecule is Cc1c(CN2CCN(c3ccccc3)C(=O)C2)c(=O)n(-c2ccccc2)n1C. The van der Waals surface area contributed by atoms with Crippen molar-refractivity contribution < 1.29 is 4.79 Å². The molecule has 1 aliphatic rings. The molecule has 2 heterocycles. The van der Waals surface area contributed by atoms with Gasteiger partial charge < -0.3 is 4.90 Å². The third-order valence-electron chi connectivity index (χ3n) is 5.42. The van der Waals surface area contributed by atoms with Crippen LogP contribution in [0.1, 0.15) is 11.3 Å². The second-order valence-corrected chi connectivity index (χ2v) is 7.13. The Hall–Kier alpha value is -3.12. The summed E-state index contributed by atoms with van der Waals surface area (Å²) in [5.74, 6) is 0.0643. The van der Waals surface area contributed by atoms with Crippen LogP contribution in [0, 0.1) is 6.92 Å². The summed E-state index contributed by atoms with van der Waals surface area (Å²) in [6.07, 6.45) is 0. The number of nitrogens with zero attached hydrogens (tertiary/aromatic N) is 4. The van der Waals surface area contributed by atoms with Gasteiger partial charge in [-0.3, -0.25) is 19.2 Å². The molecule has 0 N–H and O–H groups in total. The number of hydrogen-bond acceptors (Lipinski definition) is 3. The van der Waals surface area contributed by atoms with Crippen LogP contribution < -0.4 is 10.5 Å². The maximum absolute atomic E-state index is 13.1. The van der Waals surface area contributed by atoms with Gasteiger partial charge in [0, 0.05) is 38.1 Å². The van der Waals surface area contributed by atoms with Crippen molar-refractivity contribution in [2.45, 2.75) is 13.5 Å². The second-order valence-electron chi connectivity index (χ2n) is 7.13. The maximum Gasteiger partial charge on any atom is 0.276 e. The summed E-state index contributed by atoms with van der Waals surface area (Å²) in [7, 11) is 1.89. The minimum atomic E-state index is -0.0239. The van der Waals surface area contributed by atoms with Crippen molar-refractivity contribution >= 4 is 11.6 Å². The van der Waals surface area contributed by atoms with Crippen molar-refractivity contribution in [3.63, 3.8) is 0 Å². The molecule has 0 atom stereocenters. The number of amides is 1. The predicted molar refractivity (Wildman–Crippen MR) is 110 cm³/mol. The smallest absolute Gasteiger partial charge is 0.276 e. The molecule has 1 aromatic heterocycles. The lowest BCUT2D eigenvalue weighted by atomic mass is 10.2. The van der Waals surface area contributed by atoms with E-state index in [1.54, 1.807) is 4.68 Å². The molecule has 0 bridgehead atoms. The van der Waals surface area contributed by atoms with Crippen LogP contribution in [0.15, 0.2) is 65.5 Å². The number of rotatable bonds is 4. The Bertz CT molecular complexity index is 1040. The van der Waals surface area contributed by atoms with E-state index >= 15 is 0 Å². The Balaban J connectivity index is 1.55. The van der Waals surface area contributed by atoms with Crippen LogP contribution in [0.4, 0.5) is 5.69 Å². The molecule has 1 fully saturated rings. The minimum absolute atomic E-state index is 0.0239. The second kappa shape index (κ2) is 7.48. The van der Waals surface area contributed by atoms with Gasteiger partial charge in [0.1, 0.15) is 0 Å². The first-order valence-electron chi connectivity index (χ1n) is 9.47. The Morgan fingerprint density at radius 3 is 2.07 bits per heavy atom. The van der Waals surface area contributed by atoms with E-state index in [0.29, 0.717) is 19.6 Å². The van der Waals surface area contributed by atoms with Gasteiger partial charge in [0.15, 0.2) is 0 Å². The van der Waals surface area contributed by atoms with E-state index in [-0.39, 0.29) is 11.5 Å². The van der Waals surface area contributed by atoms with Crippen LogP contribution in [0.25, 0.3) is 5.69 Å². The summed E-state index contributed by atoms with van der Waals surface area (Å²) in [6.45, 7) is 4.11. The van der Waals surface area contributed by atoms with Gasteiger partial charge in [-0.2, -0.15) is 0 Å². The minimum Gasteiger partial charge on any atom is -0.310 e. The molecule has 144 valence electrons. The third kappa shape index (κ3) is 3.27. The molecule has 6 heteroatoms. The zero-order chi connectivity index (χ0) is 19.7. The highest BCUT2D eigenvalue weighted by Crippen LogP contribution is 2.18. The molecule has 6 nitrogen and oxygen atoms in total. The molecular weight excluding hydrogens is 352 g/mol. The lowest BCUT2D eigenvalue weighted by molar-refractivity contribution is -0.121. The number of carbonyl (C=O) groups is 1. The average molecular weight is 376 g/mol. The fraction of sp³-hybridized carbons (Fsp3) is 0.273. The Morgan fingerprint density at radius 2 is 1.46 bits per heavy atom. The summed E-state index contributed by atoms with van der Waals surface area (Å²) in [5.41, 5.74) is 3.41. The lowest BCUT2D eigenvalue weighted by Crippen LogP contribution is -2.50. The van der Waals surface area contributed by atoms with Crippen molar-refractivity contribution in [1.82, 2.24) is 14.3 Å². The molecule has 0 unspecified atom stereocenters. The number of para-hydroxylation sites is 2. The molecule has 0 radical (unpaired) electrons. The standard InChI is InChI=1S/C22H24N4O2/c1-17-20(22(28)26(23(17)2)19-11-7-4-8-12-19)15-24-13-14-25(21(27)16-24)18-9-5-3-6-10-18/h3-12H,13-16H2,1-2H3. The van der Waals surface area contributed by atoms with Gasteiger partial charge in [-0.1, -0.05) is 36.4 Å². The highest BCUT2D eigenvalue weighted by atomic mass is 16.2. The first-order chi connectivity index (χ1) is 13.6. The van der Waals surface area contributed by atoms with Gasteiger partial charge in [0.05, 0.1) is 17.8 Å². The molecule has 1 aliphatic heterocycles. The van der Waals surface area contributed by atoms with Gasteiger partial charge in [-0.15, -0.1) is 0 Å². The Kier molecular flexibility index (Phi) is 4.88. The van der Waals surface area contributed by atoms with Crippen LogP contribution >= 0.6 is 0 Å². The average Bonchev–Trinajstić information content (AvgIpc) is 2.93. The summed E-state index contributed by atoms with van der Waals surface area (Å²) in [5, 5.41) is 0.